The van der Waals surface area contributed by atoms with Crippen LogP contribution >= 0.6 is 10.0 Å². The summed E-state index contributed by atoms with van der Waals surface area (Å²) in [5.41, 5.74) is 0. The summed E-state index contributed by atoms with van der Waals surface area (Å²) >= 11 is 0. The van der Waals surface area contributed by atoms with Crippen LogP contribution in [0.25, 0.3) is 0 Å². The quantitative estimate of drug-likeness (QED) is 0.624. The molecule has 0 aromatic heterocycles. The molecular weight excluding hydrogens is 154 g/mol. The van der Waals surface area contributed by atoms with Crippen LogP contribution in [0.1, 0.15) is 27.7 Å². The van der Waals surface area contributed by atoms with Gasteiger partial charge in [-0.05, 0) is 24.2 Å². The van der Waals surface area contributed by atoms with Crippen LogP contribution in [0.4, 0.5) is 0 Å². The summed E-state index contributed by atoms with van der Waals surface area (Å²) in [4.78, 5) is 0. The minimum Gasteiger partial charge on any atom is -0.312 e. The summed E-state index contributed by atoms with van der Waals surface area (Å²) in [5.74, 6) is 0. The van der Waals surface area contributed by atoms with Gasteiger partial charge in [-0.3, -0.25) is 0 Å². The molecule has 2 heteroatoms. The van der Waals surface area contributed by atoms with Gasteiger partial charge in [-0.25, -0.2) is 10.0 Å². The van der Waals surface area contributed by atoms with Crippen LogP contribution in [0.2, 0.25) is 0 Å². The normalized spacial score (nSPS) is 17.6. The Labute approximate surface area is 72.4 Å². The van der Waals surface area contributed by atoms with E-state index >= 15 is 0 Å². The molecule has 1 N–H and O–H groups in total. The van der Waals surface area contributed by atoms with Gasteiger partial charge in [0.1, 0.15) is 0 Å². The van der Waals surface area contributed by atoms with E-state index in [4.69, 9.17) is 5.41 Å². The highest BCUT2D eigenvalue weighted by Gasteiger charge is 2.31. The van der Waals surface area contributed by atoms with E-state index in [0.29, 0.717) is 10.00 Å². The first-order valence-electron chi connectivity index (χ1n) is 3.96. The standard InChI is InChI=1S/C9H21NS/c1-8(7-10)11(5,6)9(2,3)4/h7-8,10H,1-6H3. The Morgan fingerprint density at radius 2 is 1.64 bits per heavy atom. The summed E-state index contributed by atoms with van der Waals surface area (Å²) in [6.07, 6.45) is 6.20. The maximum absolute atomic E-state index is 7.24. The highest BCUT2D eigenvalue weighted by atomic mass is 32.3. The van der Waals surface area contributed by atoms with Gasteiger partial charge in [0.25, 0.3) is 0 Å². The van der Waals surface area contributed by atoms with Crippen molar-refractivity contribution in [1.82, 2.24) is 0 Å². The lowest BCUT2D eigenvalue weighted by Gasteiger charge is -2.47. The summed E-state index contributed by atoms with van der Waals surface area (Å²) in [7, 11) is -0.670. The Morgan fingerprint density at radius 1 is 1.27 bits per heavy atom. The lowest BCUT2D eigenvalue weighted by Crippen LogP contribution is -2.31. The summed E-state index contributed by atoms with van der Waals surface area (Å²) < 4.78 is 0.351. The van der Waals surface area contributed by atoms with Gasteiger partial charge in [0.05, 0.1) is 0 Å². The third-order valence-corrected chi connectivity index (χ3v) is 7.89. The van der Waals surface area contributed by atoms with E-state index in [1.165, 1.54) is 0 Å². The van der Waals surface area contributed by atoms with Gasteiger partial charge in [0, 0.05) is 11.5 Å². The molecule has 11 heavy (non-hydrogen) atoms. The van der Waals surface area contributed by atoms with E-state index in [1.807, 2.05) is 0 Å². The van der Waals surface area contributed by atoms with Crippen molar-refractivity contribution in [3.8, 4) is 0 Å². The molecule has 1 nitrogen and oxygen atoms in total. The lowest BCUT2D eigenvalue weighted by atomic mass is 10.3. The topological polar surface area (TPSA) is 23.9 Å². The average molecular weight is 175 g/mol. The summed E-state index contributed by atoms with van der Waals surface area (Å²) in [6, 6.07) is 0. The van der Waals surface area contributed by atoms with Crippen molar-refractivity contribution in [1.29, 1.82) is 5.41 Å². The van der Waals surface area contributed by atoms with Crippen molar-refractivity contribution in [2.24, 2.45) is 0 Å². The van der Waals surface area contributed by atoms with Crippen molar-refractivity contribution in [3.63, 3.8) is 0 Å². The summed E-state index contributed by atoms with van der Waals surface area (Å²) in [5, 5.41) is 7.67. The van der Waals surface area contributed by atoms with Crippen molar-refractivity contribution in [2.45, 2.75) is 37.7 Å². The minimum atomic E-state index is -0.670. The van der Waals surface area contributed by atoms with Gasteiger partial charge in [0.15, 0.2) is 0 Å². The van der Waals surface area contributed by atoms with Gasteiger partial charge in [-0.2, -0.15) is 0 Å². The molecule has 0 spiro atoms. The van der Waals surface area contributed by atoms with Crippen molar-refractivity contribution < 1.29 is 0 Å². The van der Waals surface area contributed by atoms with Gasteiger partial charge in [0.2, 0.25) is 0 Å². The smallest absolute Gasteiger partial charge is 0.0208 e. The fourth-order valence-corrected chi connectivity index (χ4v) is 2.18. The van der Waals surface area contributed by atoms with Crippen LogP contribution in [0, 0.1) is 5.41 Å². The van der Waals surface area contributed by atoms with E-state index in [-0.39, 0.29) is 0 Å². The van der Waals surface area contributed by atoms with Crippen LogP contribution in [-0.2, 0) is 0 Å². The highest BCUT2D eigenvalue weighted by molar-refractivity contribution is 8.34. The molecule has 0 bridgehead atoms. The molecule has 0 radical (unpaired) electrons. The molecular formula is C9H21NS. The largest absolute Gasteiger partial charge is 0.312 e. The maximum atomic E-state index is 7.24. The van der Waals surface area contributed by atoms with E-state index in [0.717, 1.165) is 0 Å². The zero-order valence-electron chi connectivity index (χ0n) is 8.56. The molecule has 0 aliphatic rings. The number of hydrogen-bond acceptors (Lipinski definition) is 1. The SMILES string of the molecule is CC(C=N)S(C)(C)C(C)(C)C. The second-order valence-electron chi connectivity index (χ2n) is 4.39. The molecule has 0 rings (SSSR count). The third-order valence-electron chi connectivity index (χ3n) is 2.74. The molecule has 0 aromatic rings. The number of hydrogen-bond donors (Lipinski definition) is 1. The molecule has 1 unspecified atom stereocenters. The molecule has 0 heterocycles. The molecule has 0 aliphatic heterocycles. The number of nitrogens with one attached hydrogen (secondary N) is 1. The Morgan fingerprint density at radius 3 is 1.73 bits per heavy atom. The van der Waals surface area contributed by atoms with E-state index in [9.17, 15) is 0 Å². The van der Waals surface area contributed by atoms with Crippen LogP contribution in [0.3, 0.4) is 0 Å². The molecule has 0 aliphatic carbocycles. The molecule has 0 saturated carbocycles. The number of rotatable bonds is 2. The summed E-state index contributed by atoms with van der Waals surface area (Å²) in [6.45, 7) is 8.95. The lowest BCUT2D eigenvalue weighted by molar-refractivity contribution is 0.784. The Hall–Kier alpha value is 0.0200. The predicted octanol–water partition coefficient (Wildman–Crippen LogP) is 2.89. The van der Waals surface area contributed by atoms with Gasteiger partial charge < -0.3 is 5.41 Å². The zero-order chi connectivity index (χ0) is 9.28. The fraction of sp³-hybridized carbons (Fsp3) is 0.889. The zero-order valence-corrected chi connectivity index (χ0v) is 9.38. The third kappa shape index (κ3) is 2.22. The first-order valence-corrected chi connectivity index (χ1v) is 6.47. The molecule has 1 atom stereocenters. The second-order valence-corrected chi connectivity index (χ2v) is 9.17. The van der Waals surface area contributed by atoms with Crippen LogP contribution in [-0.4, -0.2) is 28.7 Å². The van der Waals surface area contributed by atoms with Crippen molar-refractivity contribution in [3.05, 3.63) is 0 Å². The van der Waals surface area contributed by atoms with E-state index < -0.39 is 10.0 Å². The second kappa shape index (κ2) is 3.18. The first-order chi connectivity index (χ1) is 4.73. The van der Waals surface area contributed by atoms with Crippen molar-refractivity contribution >= 4 is 16.2 Å². The average Bonchev–Trinajstić information content (AvgIpc) is 1.83. The minimum absolute atomic E-state index is 0.351. The molecule has 0 fully saturated rings. The van der Waals surface area contributed by atoms with Gasteiger partial charge >= 0.3 is 0 Å². The van der Waals surface area contributed by atoms with Crippen molar-refractivity contribution in [2.75, 3.05) is 12.5 Å². The van der Waals surface area contributed by atoms with E-state index in [2.05, 4.69) is 40.2 Å². The highest BCUT2D eigenvalue weighted by Crippen LogP contribution is 2.55. The van der Waals surface area contributed by atoms with E-state index in [1.54, 1.807) is 6.21 Å². The molecule has 0 saturated heterocycles. The van der Waals surface area contributed by atoms with Crippen LogP contribution in [0.15, 0.2) is 0 Å². The van der Waals surface area contributed by atoms with Crippen LogP contribution in [0.5, 0.6) is 0 Å². The maximum Gasteiger partial charge on any atom is 0.0208 e. The van der Waals surface area contributed by atoms with Gasteiger partial charge in [-0.1, -0.05) is 20.8 Å². The first kappa shape index (κ1) is 11.0. The van der Waals surface area contributed by atoms with Crippen LogP contribution < -0.4 is 0 Å². The molecule has 0 amide bonds. The predicted molar refractivity (Wildman–Crippen MR) is 57.4 cm³/mol. The van der Waals surface area contributed by atoms with Gasteiger partial charge in [-0.15, -0.1) is 0 Å². The Balaban J connectivity index is 4.58. The molecule has 68 valence electrons. The fourth-order valence-electron chi connectivity index (χ4n) is 0.728. The Bertz CT molecular complexity index is 144. The Kier molecular flexibility index (Phi) is 3.18. The molecule has 0 aromatic carbocycles. The monoisotopic (exact) mass is 175 g/mol.